The fourth-order valence-electron chi connectivity index (χ4n) is 4.05. The van der Waals surface area contributed by atoms with Crippen LogP contribution in [-0.2, 0) is 17.6 Å². The van der Waals surface area contributed by atoms with E-state index in [0.717, 1.165) is 62.0 Å². The molecule has 162 valence electrons. The van der Waals surface area contributed by atoms with Crippen molar-refractivity contribution < 1.29 is 14.6 Å². The lowest BCUT2D eigenvalue weighted by atomic mass is 9.92. The van der Waals surface area contributed by atoms with E-state index < -0.39 is 5.97 Å². The van der Waals surface area contributed by atoms with Crippen molar-refractivity contribution in [3.8, 4) is 6.01 Å². The number of pyridine rings is 1. The van der Waals surface area contributed by atoms with Crippen molar-refractivity contribution in [3.63, 3.8) is 0 Å². The van der Waals surface area contributed by atoms with Gasteiger partial charge in [0.15, 0.2) is 0 Å². The van der Waals surface area contributed by atoms with Gasteiger partial charge in [-0.05, 0) is 62.6 Å². The number of rotatable bonds is 11. The van der Waals surface area contributed by atoms with Gasteiger partial charge in [0, 0.05) is 23.6 Å². The van der Waals surface area contributed by atoms with E-state index in [9.17, 15) is 9.90 Å². The minimum atomic E-state index is -0.796. The molecule has 7 heteroatoms. The van der Waals surface area contributed by atoms with Gasteiger partial charge in [0.2, 0.25) is 0 Å². The monoisotopic (exact) mass is 412 g/mol. The first kappa shape index (κ1) is 22.0. The summed E-state index contributed by atoms with van der Waals surface area (Å²) in [6.07, 6.45) is 10.5. The average Bonchev–Trinajstić information content (AvgIpc) is 3.02. The summed E-state index contributed by atoms with van der Waals surface area (Å²) < 4.78 is 4.98. The Morgan fingerprint density at radius 2 is 1.93 bits per heavy atom. The van der Waals surface area contributed by atoms with E-state index in [-0.39, 0.29) is 17.9 Å². The predicted molar refractivity (Wildman–Crippen MR) is 116 cm³/mol. The van der Waals surface area contributed by atoms with E-state index in [1.54, 1.807) is 12.4 Å². The first-order valence-corrected chi connectivity index (χ1v) is 10.7. The molecule has 0 amide bonds. The Labute approximate surface area is 178 Å². The molecule has 30 heavy (non-hydrogen) atoms. The van der Waals surface area contributed by atoms with Crippen molar-refractivity contribution in [1.29, 1.82) is 0 Å². The zero-order chi connectivity index (χ0) is 21.6. The standard InChI is InChI=1S/C23H32N4O3/c1-23(2)13-17-10-11-19(26-21(17)27-23)9-7-5-4-6-8-16(12-20(28)29)18-14-24-22(30-3)25-15-18/h10-11,14-16H,4-9,12-13H2,1-3H3,(H,26,27)(H,28,29). The van der Waals surface area contributed by atoms with Gasteiger partial charge in [-0.1, -0.05) is 25.3 Å². The molecule has 1 aliphatic heterocycles. The van der Waals surface area contributed by atoms with Gasteiger partial charge in [-0.15, -0.1) is 0 Å². The summed E-state index contributed by atoms with van der Waals surface area (Å²) in [4.78, 5) is 24.2. The molecule has 3 heterocycles. The van der Waals surface area contributed by atoms with E-state index in [1.165, 1.54) is 12.7 Å². The summed E-state index contributed by atoms with van der Waals surface area (Å²) in [7, 11) is 1.51. The number of aromatic nitrogens is 3. The zero-order valence-electron chi connectivity index (χ0n) is 18.1. The highest BCUT2D eigenvalue weighted by atomic mass is 16.5. The van der Waals surface area contributed by atoms with Crippen LogP contribution in [0.5, 0.6) is 6.01 Å². The number of fused-ring (bicyclic) bond motifs is 1. The summed E-state index contributed by atoms with van der Waals surface area (Å²) in [6, 6.07) is 4.65. The minimum Gasteiger partial charge on any atom is -0.481 e. The molecule has 0 aromatic carbocycles. The van der Waals surface area contributed by atoms with Crippen LogP contribution in [0.25, 0.3) is 0 Å². The lowest BCUT2D eigenvalue weighted by Crippen LogP contribution is -2.27. The van der Waals surface area contributed by atoms with Crippen molar-refractivity contribution in [2.45, 2.75) is 76.7 Å². The zero-order valence-corrected chi connectivity index (χ0v) is 18.1. The Hall–Kier alpha value is -2.70. The van der Waals surface area contributed by atoms with Crippen molar-refractivity contribution >= 4 is 11.8 Å². The van der Waals surface area contributed by atoms with Gasteiger partial charge < -0.3 is 15.2 Å². The minimum absolute atomic E-state index is 0.0683. The van der Waals surface area contributed by atoms with E-state index in [0.29, 0.717) is 6.01 Å². The second-order valence-corrected chi connectivity index (χ2v) is 8.75. The molecule has 1 aliphatic rings. The number of carbonyl (C=O) groups is 1. The van der Waals surface area contributed by atoms with Crippen LogP contribution in [0.15, 0.2) is 24.5 Å². The number of unbranched alkanes of at least 4 members (excludes halogenated alkanes) is 3. The third-order valence-corrected chi connectivity index (χ3v) is 5.58. The van der Waals surface area contributed by atoms with E-state index in [2.05, 4.69) is 41.3 Å². The van der Waals surface area contributed by atoms with E-state index in [4.69, 9.17) is 9.72 Å². The maximum atomic E-state index is 11.2. The van der Waals surface area contributed by atoms with Gasteiger partial charge in [0.25, 0.3) is 0 Å². The Morgan fingerprint density at radius 1 is 1.20 bits per heavy atom. The third-order valence-electron chi connectivity index (χ3n) is 5.58. The van der Waals surface area contributed by atoms with Crippen LogP contribution >= 0.6 is 0 Å². The van der Waals surface area contributed by atoms with Crippen molar-refractivity contribution in [1.82, 2.24) is 15.0 Å². The molecule has 7 nitrogen and oxygen atoms in total. The van der Waals surface area contributed by atoms with Crippen LogP contribution in [0.1, 0.15) is 75.1 Å². The lowest BCUT2D eigenvalue weighted by molar-refractivity contribution is -0.137. The molecule has 3 rings (SSSR count). The van der Waals surface area contributed by atoms with Gasteiger partial charge in [-0.25, -0.2) is 15.0 Å². The normalized spacial score (nSPS) is 15.3. The van der Waals surface area contributed by atoms with Crippen LogP contribution in [0.3, 0.4) is 0 Å². The summed E-state index contributed by atoms with van der Waals surface area (Å²) in [5, 5.41) is 12.7. The number of anilines is 1. The molecule has 0 saturated heterocycles. The number of nitrogens with one attached hydrogen (secondary N) is 1. The molecule has 0 spiro atoms. The molecule has 1 atom stereocenters. The Kier molecular flexibility index (Phi) is 7.24. The predicted octanol–water partition coefficient (Wildman–Crippen LogP) is 4.38. The molecule has 2 aromatic rings. The van der Waals surface area contributed by atoms with Crippen molar-refractivity contribution in [2.75, 3.05) is 12.4 Å². The number of hydrogen-bond donors (Lipinski definition) is 2. The average molecular weight is 413 g/mol. The first-order valence-electron chi connectivity index (χ1n) is 10.7. The Morgan fingerprint density at radius 3 is 2.63 bits per heavy atom. The smallest absolute Gasteiger partial charge is 0.316 e. The molecular formula is C23H32N4O3. The van der Waals surface area contributed by atoms with Gasteiger partial charge in [-0.2, -0.15) is 0 Å². The molecule has 0 fully saturated rings. The molecule has 0 saturated carbocycles. The largest absolute Gasteiger partial charge is 0.481 e. The topological polar surface area (TPSA) is 97.2 Å². The Balaban J connectivity index is 1.41. The van der Waals surface area contributed by atoms with Gasteiger partial charge in [-0.3, -0.25) is 4.79 Å². The number of carboxylic acids is 1. The SMILES string of the molecule is COc1ncc(C(CCCCCCc2ccc3c(n2)NC(C)(C)C3)CC(=O)O)cn1. The van der Waals surface area contributed by atoms with Crippen LogP contribution in [0.4, 0.5) is 5.82 Å². The Bertz CT molecular complexity index is 852. The maximum absolute atomic E-state index is 11.2. The molecule has 0 bridgehead atoms. The number of carboxylic acid groups (broad SMARTS) is 1. The van der Waals surface area contributed by atoms with Crippen LogP contribution < -0.4 is 10.1 Å². The molecule has 1 unspecified atom stereocenters. The van der Waals surface area contributed by atoms with E-state index >= 15 is 0 Å². The number of aryl methyl sites for hydroxylation is 1. The summed E-state index contributed by atoms with van der Waals surface area (Å²) in [5.41, 5.74) is 3.39. The number of methoxy groups -OCH3 is 1. The quantitative estimate of drug-likeness (QED) is 0.529. The van der Waals surface area contributed by atoms with Crippen molar-refractivity contribution in [2.24, 2.45) is 0 Å². The number of nitrogens with zero attached hydrogens (tertiary/aromatic N) is 3. The van der Waals surface area contributed by atoms with E-state index in [1.807, 2.05) is 0 Å². The summed E-state index contributed by atoms with van der Waals surface area (Å²) >= 11 is 0. The van der Waals surface area contributed by atoms with Crippen LogP contribution in [0, 0.1) is 0 Å². The molecular weight excluding hydrogens is 380 g/mol. The fourth-order valence-corrected chi connectivity index (χ4v) is 4.05. The fraction of sp³-hybridized carbons (Fsp3) is 0.565. The summed E-state index contributed by atoms with van der Waals surface area (Å²) in [6.45, 7) is 4.40. The van der Waals surface area contributed by atoms with Gasteiger partial charge in [0.05, 0.1) is 13.5 Å². The second kappa shape index (κ2) is 9.87. The maximum Gasteiger partial charge on any atom is 0.316 e. The van der Waals surface area contributed by atoms with Gasteiger partial charge in [0.1, 0.15) is 5.82 Å². The molecule has 2 aromatic heterocycles. The highest BCUT2D eigenvalue weighted by molar-refractivity contribution is 5.68. The summed E-state index contributed by atoms with van der Waals surface area (Å²) in [5.74, 6) is 0.173. The molecule has 2 N–H and O–H groups in total. The first-order chi connectivity index (χ1) is 14.4. The number of hydrogen-bond acceptors (Lipinski definition) is 6. The number of ether oxygens (including phenoxy) is 1. The number of aliphatic carboxylic acids is 1. The van der Waals surface area contributed by atoms with Gasteiger partial charge >= 0.3 is 12.0 Å². The van der Waals surface area contributed by atoms with Crippen molar-refractivity contribution in [3.05, 3.63) is 41.3 Å². The highest BCUT2D eigenvalue weighted by Crippen LogP contribution is 2.31. The molecule has 0 aliphatic carbocycles. The lowest BCUT2D eigenvalue weighted by Gasteiger charge is -2.17. The third kappa shape index (κ3) is 6.15. The molecule has 0 radical (unpaired) electrons. The van der Waals surface area contributed by atoms with Crippen LogP contribution in [-0.4, -0.2) is 38.7 Å². The highest BCUT2D eigenvalue weighted by Gasteiger charge is 2.28. The van der Waals surface area contributed by atoms with Crippen LogP contribution in [0.2, 0.25) is 0 Å². The second-order valence-electron chi connectivity index (χ2n) is 8.75.